The van der Waals surface area contributed by atoms with Gasteiger partial charge in [-0.05, 0) is 52.0 Å². The summed E-state index contributed by atoms with van der Waals surface area (Å²) in [7, 11) is 1.68. The molecule has 0 amide bonds. The van der Waals surface area contributed by atoms with Gasteiger partial charge in [0.15, 0.2) is 0 Å². The van der Waals surface area contributed by atoms with Crippen molar-refractivity contribution in [2.75, 3.05) is 13.7 Å². The highest BCUT2D eigenvalue weighted by molar-refractivity contribution is 5.33. The zero-order chi connectivity index (χ0) is 16.3. The Morgan fingerprint density at radius 1 is 1.32 bits per heavy atom. The molecule has 0 bridgehead atoms. The molecule has 0 saturated heterocycles. The van der Waals surface area contributed by atoms with Crippen LogP contribution in [-0.4, -0.2) is 34.2 Å². The molecule has 1 atom stereocenters. The molecule has 22 heavy (non-hydrogen) atoms. The van der Waals surface area contributed by atoms with Gasteiger partial charge in [-0.2, -0.15) is 0 Å². The van der Waals surface area contributed by atoms with E-state index in [9.17, 15) is 4.39 Å². The van der Waals surface area contributed by atoms with Crippen molar-refractivity contribution in [1.82, 2.24) is 20.3 Å². The van der Waals surface area contributed by atoms with Crippen molar-refractivity contribution in [3.05, 3.63) is 41.5 Å². The molecule has 5 nitrogen and oxygen atoms in total. The van der Waals surface area contributed by atoms with Gasteiger partial charge in [-0.15, -0.1) is 5.10 Å². The summed E-state index contributed by atoms with van der Waals surface area (Å²) in [5.41, 5.74) is 2.43. The molecule has 0 saturated carbocycles. The summed E-state index contributed by atoms with van der Waals surface area (Å²) < 4.78 is 20.0. The van der Waals surface area contributed by atoms with E-state index >= 15 is 0 Å². The number of hydrogen-bond acceptors (Lipinski definition) is 4. The third kappa shape index (κ3) is 3.69. The number of hydrogen-bond donors (Lipinski definition) is 1. The molecule has 6 heteroatoms. The van der Waals surface area contributed by atoms with Gasteiger partial charge >= 0.3 is 0 Å². The molecule has 1 heterocycles. The molecule has 0 aliphatic rings. The molecule has 2 aromatic rings. The third-order valence-electron chi connectivity index (χ3n) is 3.52. The third-order valence-corrected chi connectivity index (χ3v) is 3.52. The Morgan fingerprint density at radius 3 is 2.55 bits per heavy atom. The van der Waals surface area contributed by atoms with Gasteiger partial charge in [-0.25, -0.2) is 9.07 Å². The first-order valence-electron chi connectivity index (χ1n) is 7.29. The summed E-state index contributed by atoms with van der Waals surface area (Å²) in [6.07, 6.45) is 0. The Kier molecular flexibility index (Phi) is 4.93. The normalized spacial score (nSPS) is 13.4. The Balaban J connectivity index is 2.22. The minimum absolute atomic E-state index is 0.0272. The molecule has 1 N–H and O–H groups in total. The van der Waals surface area contributed by atoms with Crippen LogP contribution < -0.4 is 5.32 Å². The van der Waals surface area contributed by atoms with Crippen molar-refractivity contribution in [2.24, 2.45) is 0 Å². The molecule has 1 unspecified atom stereocenters. The molecule has 0 aliphatic carbocycles. The van der Waals surface area contributed by atoms with E-state index < -0.39 is 0 Å². The molecule has 1 aromatic carbocycles. The average molecular weight is 306 g/mol. The van der Waals surface area contributed by atoms with Gasteiger partial charge in [0.2, 0.25) is 0 Å². The predicted molar refractivity (Wildman–Crippen MR) is 83.6 cm³/mol. The largest absolute Gasteiger partial charge is 0.383 e. The van der Waals surface area contributed by atoms with E-state index in [1.54, 1.807) is 23.9 Å². The molecular formula is C16H23FN4O. The molecule has 0 spiro atoms. The zero-order valence-electron chi connectivity index (χ0n) is 13.7. The maximum absolute atomic E-state index is 13.0. The van der Waals surface area contributed by atoms with Crippen LogP contribution in [0.25, 0.3) is 5.69 Å². The highest BCUT2D eigenvalue weighted by Gasteiger charge is 2.24. The van der Waals surface area contributed by atoms with E-state index in [2.05, 4.69) is 29.5 Å². The Morgan fingerprint density at radius 2 is 1.95 bits per heavy atom. The average Bonchev–Trinajstić information content (AvgIpc) is 2.81. The van der Waals surface area contributed by atoms with E-state index in [4.69, 9.17) is 4.74 Å². The van der Waals surface area contributed by atoms with Crippen LogP contribution in [0.5, 0.6) is 0 Å². The van der Waals surface area contributed by atoms with E-state index in [1.807, 2.05) is 13.8 Å². The van der Waals surface area contributed by atoms with Crippen molar-refractivity contribution in [3.8, 4) is 5.69 Å². The van der Waals surface area contributed by atoms with Crippen molar-refractivity contribution in [1.29, 1.82) is 0 Å². The second kappa shape index (κ2) is 6.54. The summed E-state index contributed by atoms with van der Waals surface area (Å²) in [5, 5.41) is 11.9. The number of methoxy groups -OCH3 is 1. The minimum Gasteiger partial charge on any atom is -0.383 e. The lowest BCUT2D eigenvalue weighted by Crippen LogP contribution is -2.44. The minimum atomic E-state index is -0.266. The fourth-order valence-corrected chi connectivity index (χ4v) is 2.63. The van der Waals surface area contributed by atoms with Gasteiger partial charge < -0.3 is 10.1 Å². The Hall–Kier alpha value is -1.79. The SMILES string of the molecule is COCC(C)(C)NC(C)c1nnn(-c2ccc(F)cc2)c1C. The van der Waals surface area contributed by atoms with Crippen LogP contribution in [0.15, 0.2) is 24.3 Å². The smallest absolute Gasteiger partial charge is 0.123 e. The number of nitrogens with one attached hydrogen (secondary N) is 1. The van der Waals surface area contributed by atoms with Gasteiger partial charge in [-0.3, -0.25) is 0 Å². The van der Waals surface area contributed by atoms with Gasteiger partial charge in [0.05, 0.1) is 24.0 Å². The van der Waals surface area contributed by atoms with Crippen LogP contribution in [0.1, 0.15) is 38.2 Å². The summed E-state index contributed by atoms with van der Waals surface area (Å²) in [6.45, 7) is 8.76. The van der Waals surface area contributed by atoms with Gasteiger partial charge in [0.1, 0.15) is 11.5 Å². The lowest BCUT2D eigenvalue weighted by molar-refractivity contribution is 0.121. The van der Waals surface area contributed by atoms with Crippen LogP contribution in [0.3, 0.4) is 0 Å². The topological polar surface area (TPSA) is 52.0 Å². The monoisotopic (exact) mass is 306 g/mol. The molecule has 0 radical (unpaired) electrons. The molecule has 0 aliphatic heterocycles. The zero-order valence-corrected chi connectivity index (χ0v) is 13.7. The number of ether oxygens (including phenoxy) is 1. The molecular weight excluding hydrogens is 283 g/mol. The van der Waals surface area contributed by atoms with Crippen LogP contribution in [0, 0.1) is 12.7 Å². The molecule has 1 aromatic heterocycles. The Labute approximate surface area is 130 Å². The van der Waals surface area contributed by atoms with E-state index in [0.29, 0.717) is 6.61 Å². The summed E-state index contributed by atoms with van der Waals surface area (Å²) in [4.78, 5) is 0. The van der Waals surface area contributed by atoms with Crippen molar-refractivity contribution in [3.63, 3.8) is 0 Å². The van der Waals surface area contributed by atoms with Crippen molar-refractivity contribution >= 4 is 0 Å². The predicted octanol–water partition coefficient (Wildman–Crippen LogP) is 2.79. The highest BCUT2D eigenvalue weighted by atomic mass is 19.1. The van der Waals surface area contributed by atoms with Crippen LogP contribution in [0.2, 0.25) is 0 Å². The van der Waals surface area contributed by atoms with Crippen molar-refractivity contribution in [2.45, 2.75) is 39.3 Å². The summed E-state index contributed by atoms with van der Waals surface area (Å²) in [6, 6.07) is 6.24. The lowest BCUT2D eigenvalue weighted by atomic mass is 10.0. The maximum Gasteiger partial charge on any atom is 0.123 e. The standard InChI is InChI=1S/C16H23FN4O/c1-11(18-16(3,4)10-22-5)15-12(2)21(20-19-15)14-8-6-13(17)7-9-14/h6-9,11,18H,10H2,1-5H3. The van der Waals surface area contributed by atoms with Crippen LogP contribution >= 0.6 is 0 Å². The van der Waals surface area contributed by atoms with Crippen LogP contribution in [0.4, 0.5) is 4.39 Å². The first-order valence-corrected chi connectivity index (χ1v) is 7.29. The first kappa shape index (κ1) is 16.6. The van der Waals surface area contributed by atoms with Gasteiger partial charge in [-0.1, -0.05) is 5.21 Å². The quantitative estimate of drug-likeness (QED) is 0.891. The second-order valence-electron chi connectivity index (χ2n) is 6.13. The number of aromatic nitrogens is 3. The number of nitrogens with zero attached hydrogens (tertiary/aromatic N) is 3. The molecule has 120 valence electrons. The maximum atomic E-state index is 13.0. The van der Waals surface area contributed by atoms with Gasteiger partial charge in [0.25, 0.3) is 0 Å². The first-order chi connectivity index (χ1) is 10.3. The Bertz CT molecular complexity index is 622. The van der Waals surface area contributed by atoms with Gasteiger partial charge in [0, 0.05) is 12.6 Å². The number of rotatable bonds is 6. The fourth-order valence-electron chi connectivity index (χ4n) is 2.63. The summed E-state index contributed by atoms with van der Waals surface area (Å²) in [5.74, 6) is -0.266. The number of benzene rings is 1. The summed E-state index contributed by atoms with van der Waals surface area (Å²) >= 11 is 0. The number of halogens is 1. The van der Waals surface area contributed by atoms with Crippen LogP contribution in [-0.2, 0) is 4.74 Å². The molecule has 2 rings (SSSR count). The van der Waals surface area contributed by atoms with Crippen molar-refractivity contribution < 1.29 is 9.13 Å². The lowest BCUT2D eigenvalue weighted by Gasteiger charge is -2.29. The van der Waals surface area contributed by atoms with E-state index in [-0.39, 0.29) is 17.4 Å². The molecule has 0 fully saturated rings. The highest BCUT2D eigenvalue weighted by Crippen LogP contribution is 2.20. The second-order valence-corrected chi connectivity index (χ2v) is 6.13. The van der Waals surface area contributed by atoms with E-state index in [1.165, 1.54) is 12.1 Å². The van der Waals surface area contributed by atoms with E-state index in [0.717, 1.165) is 17.1 Å². The fraction of sp³-hybridized carbons (Fsp3) is 0.500.